The van der Waals surface area contributed by atoms with Crippen molar-refractivity contribution < 1.29 is 18.7 Å². The van der Waals surface area contributed by atoms with E-state index in [1.165, 1.54) is 25.3 Å². The van der Waals surface area contributed by atoms with Gasteiger partial charge in [-0.3, -0.25) is 10.1 Å². The molecular formula is C15H19FN2O3. The van der Waals surface area contributed by atoms with Crippen LogP contribution in [0.25, 0.3) is 0 Å². The molecular weight excluding hydrogens is 275 g/mol. The number of rotatable bonds is 3. The number of ether oxygens (including phenoxy) is 1. The van der Waals surface area contributed by atoms with Gasteiger partial charge in [-0.25, -0.2) is 9.18 Å². The first-order valence-electron chi connectivity index (χ1n) is 6.76. The first-order chi connectivity index (χ1) is 9.81. The molecule has 1 heterocycles. The van der Waals surface area contributed by atoms with Crippen molar-refractivity contribution in [1.82, 2.24) is 10.6 Å². The molecule has 1 fully saturated rings. The Morgan fingerprint density at radius 3 is 2.62 bits per heavy atom. The molecule has 2 atom stereocenters. The normalized spacial score (nSPS) is 25.0. The van der Waals surface area contributed by atoms with Crippen LogP contribution in [0.2, 0.25) is 0 Å². The van der Waals surface area contributed by atoms with Gasteiger partial charge in [-0.15, -0.1) is 0 Å². The molecule has 6 heteroatoms. The molecule has 1 saturated heterocycles. The van der Waals surface area contributed by atoms with Crippen LogP contribution in [0.1, 0.15) is 42.9 Å². The zero-order valence-electron chi connectivity index (χ0n) is 12.5. The number of halogens is 1. The summed E-state index contributed by atoms with van der Waals surface area (Å²) in [6.45, 7) is 5.56. The third-order valence-corrected chi connectivity index (χ3v) is 4.09. The molecule has 1 aliphatic heterocycles. The fourth-order valence-corrected chi connectivity index (χ4v) is 2.37. The van der Waals surface area contributed by atoms with Crippen molar-refractivity contribution >= 4 is 11.9 Å². The van der Waals surface area contributed by atoms with Gasteiger partial charge in [-0.2, -0.15) is 0 Å². The van der Waals surface area contributed by atoms with E-state index in [1.807, 2.05) is 13.8 Å². The standard InChI is InChI=1S/C15H19FN2O3/c1-8(2)15(3)14(20)17-12(18-15)11-9(13(19)21-4)6-5-7-10(11)16/h5-8,12,18H,1-4H3,(H,17,20)/t12-,15-/m1/s1. The fourth-order valence-electron chi connectivity index (χ4n) is 2.37. The Kier molecular flexibility index (Phi) is 4.00. The van der Waals surface area contributed by atoms with E-state index in [1.54, 1.807) is 6.92 Å². The summed E-state index contributed by atoms with van der Waals surface area (Å²) in [6.07, 6.45) is -0.764. The average Bonchev–Trinajstić information content (AvgIpc) is 2.74. The second-order valence-corrected chi connectivity index (χ2v) is 5.60. The lowest BCUT2D eigenvalue weighted by molar-refractivity contribution is -0.125. The molecule has 0 aliphatic carbocycles. The summed E-state index contributed by atoms with van der Waals surface area (Å²) in [5.74, 6) is -1.42. The van der Waals surface area contributed by atoms with Gasteiger partial charge in [-0.1, -0.05) is 19.9 Å². The van der Waals surface area contributed by atoms with Crippen molar-refractivity contribution in [3.63, 3.8) is 0 Å². The van der Waals surface area contributed by atoms with Gasteiger partial charge >= 0.3 is 5.97 Å². The number of benzene rings is 1. The lowest BCUT2D eigenvalue weighted by Crippen LogP contribution is -2.48. The van der Waals surface area contributed by atoms with Crippen LogP contribution in [0.3, 0.4) is 0 Å². The Labute approximate surface area is 122 Å². The Morgan fingerprint density at radius 2 is 2.10 bits per heavy atom. The van der Waals surface area contributed by atoms with E-state index in [-0.39, 0.29) is 23.0 Å². The molecule has 0 radical (unpaired) electrons. The summed E-state index contributed by atoms with van der Waals surface area (Å²) in [4.78, 5) is 24.0. The highest BCUT2D eigenvalue weighted by Gasteiger charge is 2.46. The van der Waals surface area contributed by atoms with E-state index in [9.17, 15) is 14.0 Å². The Bertz CT molecular complexity index is 588. The highest BCUT2D eigenvalue weighted by atomic mass is 19.1. The molecule has 0 aromatic heterocycles. The third kappa shape index (κ3) is 2.51. The number of hydrogen-bond donors (Lipinski definition) is 2. The molecule has 114 valence electrons. The van der Waals surface area contributed by atoms with Crippen LogP contribution in [0.5, 0.6) is 0 Å². The fraction of sp³-hybridized carbons (Fsp3) is 0.467. The molecule has 0 unspecified atom stereocenters. The Balaban J connectivity index is 2.45. The van der Waals surface area contributed by atoms with Crippen LogP contribution in [0.4, 0.5) is 4.39 Å². The summed E-state index contributed by atoms with van der Waals surface area (Å²) in [6, 6.07) is 4.16. The van der Waals surface area contributed by atoms with Crippen LogP contribution in [-0.2, 0) is 9.53 Å². The zero-order valence-corrected chi connectivity index (χ0v) is 12.5. The minimum Gasteiger partial charge on any atom is -0.465 e. The zero-order chi connectivity index (χ0) is 15.8. The highest BCUT2D eigenvalue weighted by molar-refractivity contribution is 5.93. The smallest absolute Gasteiger partial charge is 0.338 e. The van der Waals surface area contributed by atoms with Gasteiger partial charge in [0, 0.05) is 5.56 Å². The van der Waals surface area contributed by atoms with Crippen molar-refractivity contribution in [2.75, 3.05) is 7.11 Å². The van der Waals surface area contributed by atoms with Gasteiger partial charge < -0.3 is 10.1 Å². The van der Waals surface area contributed by atoms with Crippen LogP contribution in [0.15, 0.2) is 18.2 Å². The monoisotopic (exact) mass is 294 g/mol. The second-order valence-electron chi connectivity index (χ2n) is 5.60. The second kappa shape index (κ2) is 5.44. The summed E-state index contributed by atoms with van der Waals surface area (Å²) in [7, 11) is 1.23. The lowest BCUT2D eigenvalue weighted by atomic mass is 9.89. The number of nitrogens with one attached hydrogen (secondary N) is 2. The molecule has 0 bridgehead atoms. The Morgan fingerprint density at radius 1 is 1.43 bits per heavy atom. The van der Waals surface area contributed by atoms with E-state index in [0.29, 0.717) is 0 Å². The van der Waals surface area contributed by atoms with Gasteiger partial charge in [0.1, 0.15) is 12.0 Å². The highest BCUT2D eigenvalue weighted by Crippen LogP contribution is 2.30. The van der Waals surface area contributed by atoms with Crippen LogP contribution in [-0.4, -0.2) is 24.5 Å². The Hall–Kier alpha value is -1.95. The van der Waals surface area contributed by atoms with Crippen molar-refractivity contribution in [3.05, 3.63) is 35.1 Å². The number of methoxy groups -OCH3 is 1. The van der Waals surface area contributed by atoms with E-state index >= 15 is 0 Å². The van der Waals surface area contributed by atoms with Gasteiger partial charge in [0.25, 0.3) is 0 Å². The van der Waals surface area contributed by atoms with Crippen molar-refractivity contribution in [2.24, 2.45) is 5.92 Å². The number of carbonyl (C=O) groups is 2. The van der Waals surface area contributed by atoms with Crippen LogP contribution >= 0.6 is 0 Å². The maximum atomic E-state index is 14.2. The minimum absolute atomic E-state index is 0.0100. The predicted molar refractivity (Wildman–Crippen MR) is 75.0 cm³/mol. The summed E-state index contributed by atoms with van der Waals surface area (Å²) >= 11 is 0. The maximum absolute atomic E-state index is 14.2. The lowest BCUT2D eigenvalue weighted by Gasteiger charge is -2.26. The molecule has 0 saturated carbocycles. The van der Waals surface area contributed by atoms with E-state index in [2.05, 4.69) is 15.4 Å². The maximum Gasteiger partial charge on any atom is 0.338 e. The summed E-state index contributed by atoms with van der Waals surface area (Å²) < 4.78 is 18.9. The minimum atomic E-state index is -0.819. The number of carbonyl (C=O) groups excluding carboxylic acids is 2. The quantitative estimate of drug-likeness (QED) is 0.833. The molecule has 21 heavy (non-hydrogen) atoms. The van der Waals surface area contributed by atoms with Gasteiger partial charge in [0.05, 0.1) is 18.2 Å². The van der Waals surface area contributed by atoms with Gasteiger partial charge in [0.2, 0.25) is 5.91 Å². The predicted octanol–water partition coefficient (Wildman–Crippen LogP) is 1.74. The van der Waals surface area contributed by atoms with Crippen molar-refractivity contribution in [3.8, 4) is 0 Å². The number of amides is 1. The molecule has 0 spiro atoms. The number of esters is 1. The topological polar surface area (TPSA) is 67.4 Å². The van der Waals surface area contributed by atoms with Crippen LogP contribution < -0.4 is 10.6 Å². The van der Waals surface area contributed by atoms with E-state index < -0.39 is 23.5 Å². The molecule has 1 aromatic carbocycles. The molecule has 1 aromatic rings. The first-order valence-corrected chi connectivity index (χ1v) is 6.76. The van der Waals surface area contributed by atoms with E-state index in [0.717, 1.165) is 0 Å². The third-order valence-electron chi connectivity index (χ3n) is 4.09. The molecule has 2 N–H and O–H groups in total. The molecule has 2 rings (SSSR count). The van der Waals surface area contributed by atoms with Gasteiger partial charge in [0.15, 0.2) is 0 Å². The summed E-state index contributed by atoms with van der Waals surface area (Å²) in [5.41, 5.74) is -0.620. The van der Waals surface area contributed by atoms with Crippen LogP contribution in [0, 0.1) is 11.7 Å². The first kappa shape index (κ1) is 15.4. The van der Waals surface area contributed by atoms with E-state index in [4.69, 9.17) is 0 Å². The average molecular weight is 294 g/mol. The van der Waals surface area contributed by atoms with Crippen molar-refractivity contribution in [1.29, 1.82) is 0 Å². The SMILES string of the molecule is COC(=O)c1cccc(F)c1[C@@H]1NC(=O)[C@@](C)(C(C)C)N1. The van der Waals surface area contributed by atoms with Crippen molar-refractivity contribution in [2.45, 2.75) is 32.5 Å². The molecule has 5 nitrogen and oxygen atoms in total. The number of hydrogen-bond acceptors (Lipinski definition) is 4. The molecule has 1 amide bonds. The largest absolute Gasteiger partial charge is 0.465 e. The molecule has 1 aliphatic rings. The van der Waals surface area contributed by atoms with Gasteiger partial charge in [-0.05, 0) is 25.0 Å². The summed E-state index contributed by atoms with van der Waals surface area (Å²) in [5, 5.41) is 5.79.